The van der Waals surface area contributed by atoms with Crippen LogP contribution in [0.25, 0.3) is 0 Å². The molecule has 0 N–H and O–H groups in total. The van der Waals surface area contributed by atoms with Gasteiger partial charge in [0.25, 0.3) is 0 Å². The Kier molecular flexibility index (Phi) is 14.5. The molecule has 4 rings (SSSR count). The molecule has 2 aromatic rings. The Morgan fingerprint density at radius 2 is 1.04 bits per heavy atom. The predicted molar refractivity (Wildman–Crippen MR) is 178 cm³/mol. The van der Waals surface area contributed by atoms with E-state index in [2.05, 4.69) is 10.2 Å². The van der Waals surface area contributed by atoms with Gasteiger partial charge in [0.2, 0.25) is 0 Å². The Labute approximate surface area is 300 Å². The van der Waals surface area contributed by atoms with E-state index in [1.807, 2.05) is 0 Å². The molecule has 0 aromatic carbocycles. The first-order valence-electron chi connectivity index (χ1n) is 17.2. The lowest BCUT2D eigenvalue weighted by molar-refractivity contribution is -0.151. The molecule has 0 radical (unpaired) electrons. The van der Waals surface area contributed by atoms with Gasteiger partial charge in [0.15, 0.2) is 0 Å². The van der Waals surface area contributed by atoms with Crippen LogP contribution in [-0.4, -0.2) is 104 Å². The first-order chi connectivity index (χ1) is 24.2. The van der Waals surface area contributed by atoms with Crippen LogP contribution in [0, 0.1) is 11.8 Å². The molecule has 0 aliphatic carbocycles. The number of carbonyl (C=O) groups excluding carboxylic acids is 4. The van der Waals surface area contributed by atoms with Gasteiger partial charge in [-0.15, -0.1) is 0 Å². The zero-order valence-corrected chi connectivity index (χ0v) is 30.9. The minimum absolute atomic E-state index is 0.174. The molecule has 0 saturated carbocycles. The van der Waals surface area contributed by atoms with Crippen LogP contribution in [0.15, 0.2) is 24.8 Å². The fourth-order valence-electron chi connectivity index (χ4n) is 5.93. The molecule has 2 saturated heterocycles. The number of halogens is 4. The highest BCUT2D eigenvalue weighted by Gasteiger charge is 2.41. The summed E-state index contributed by atoms with van der Waals surface area (Å²) in [5.74, 6) is -2.81. The van der Waals surface area contributed by atoms with Gasteiger partial charge in [0.05, 0.1) is 37.4 Å². The van der Waals surface area contributed by atoms with Gasteiger partial charge in [-0.05, 0) is 79.4 Å². The molecule has 2 amide bonds. The average molecular weight is 747 g/mol. The van der Waals surface area contributed by atoms with E-state index in [1.54, 1.807) is 55.4 Å². The van der Waals surface area contributed by atoms with Crippen molar-refractivity contribution in [2.45, 2.75) is 104 Å². The third-order valence-electron chi connectivity index (χ3n) is 8.21. The van der Waals surface area contributed by atoms with Gasteiger partial charge < -0.3 is 28.7 Å². The van der Waals surface area contributed by atoms with Crippen LogP contribution in [0.1, 0.15) is 104 Å². The Bertz CT molecular complexity index is 1390. The van der Waals surface area contributed by atoms with E-state index in [0.717, 1.165) is 0 Å². The number of hydrogen-bond donors (Lipinski definition) is 0. The maximum atomic E-state index is 12.8. The number of alkyl halides is 4. The molecule has 2 aliphatic rings. The number of amides is 2. The van der Waals surface area contributed by atoms with E-state index in [4.69, 9.17) is 18.9 Å². The highest BCUT2D eigenvalue weighted by molar-refractivity contribution is 5.76. The van der Waals surface area contributed by atoms with Gasteiger partial charge in [-0.3, -0.25) is 9.59 Å². The monoisotopic (exact) mass is 746 g/mol. The van der Waals surface area contributed by atoms with E-state index in [1.165, 1.54) is 34.6 Å². The van der Waals surface area contributed by atoms with Crippen molar-refractivity contribution >= 4 is 24.1 Å². The maximum absolute atomic E-state index is 12.8. The predicted octanol–water partition coefficient (Wildman–Crippen LogP) is 6.36. The van der Waals surface area contributed by atoms with Crippen LogP contribution in [0.4, 0.5) is 27.2 Å². The number of esters is 2. The number of aromatic nitrogens is 4. The number of piperidine rings is 2. The Morgan fingerprint density at radius 1 is 0.692 bits per heavy atom. The number of carbonyl (C=O) groups is 4. The molecular weight excluding hydrogens is 696 g/mol. The van der Waals surface area contributed by atoms with Gasteiger partial charge in [-0.2, -0.15) is 27.8 Å². The van der Waals surface area contributed by atoms with Crippen LogP contribution in [0.3, 0.4) is 0 Å². The highest BCUT2D eigenvalue weighted by atomic mass is 19.3. The third kappa shape index (κ3) is 11.8. The van der Waals surface area contributed by atoms with Gasteiger partial charge in [-0.1, -0.05) is 0 Å². The fraction of sp³-hybridized carbons (Fsp3) is 0.706. The molecule has 2 aromatic heterocycles. The van der Waals surface area contributed by atoms with Gasteiger partial charge in [-0.25, -0.2) is 19.0 Å². The lowest BCUT2D eigenvalue weighted by Gasteiger charge is -2.37. The van der Waals surface area contributed by atoms with E-state index in [9.17, 15) is 36.7 Å². The fourth-order valence-corrected chi connectivity index (χ4v) is 5.93. The summed E-state index contributed by atoms with van der Waals surface area (Å²) < 4.78 is 73.4. The zero-order valence-electron chi connectivity index (χ0n) is 30.9. The van der Waals surface area contributed by atoms with Crippen molar-refractivity contribution in [3.8, 4) is 0 Å². The van der Waals surface area contributed by atoms with Crippen molar-refractivity contribution in [2.24, 2.45) is 11.8 Å². The second-order valence-corrected chi connectivity index (χ2v) is 14.4. The summed E-state index contributed by atoms with van der Waals surface area (Å²) in [4.78, 5) is 52.3. The van der Waals surface area contributed by atoms with E-state index < -0.39 is 72.1 Å². The molecule has 14 nitrogen and oxygen atoms in total. The first-order valence-corrected chi connectivity index (χ1v) is 17.2. The molecule has 4 heterocycles. The zero-order chi connectivity index (χ0) is 39.0. The molecule has 4 atom stereocenters. The lowest BCUT2D eigenvalue weighted by atomic mass is 9.82. The Morgan fingerprint density at radius 3 is 1.31 bits per heavy atom. The molecule has 2 aliphatic heterocycles. The molecule has 52 heavy (non-hydrogen) atoms. The quantitative estimate of drug-likeness (QED) is 0.170. The summed E-state index contributed by atoms with van der Waals surface area (Å²) in [6, 6.07) is 0. The Balaban J connectivity index is 0.000000280. The topological polar surface area (TPSA) is 147 Å². The van der Waals surface area contributed by atoms with E-state index in [0.29, 0.717) is 46.4 Å². The Hall–Kier alpha value is -4.38. The normalized spacial score (nSPS) is 21.0. The van der Waals surface area contributed by atoms with Crippen molar-refractivity contribution in [1.82, 2.24) is 29.4 Å². The van der Waals surface area contributed by atoms with Crippen LogP contribution in [0.5, 0.6) is 0 Å². The second kappa shape index (κ2) is 17.9. The number of nitrogens with zero attached hydrogens (tertiary/aromatic N) is 6. The van der Waals surface area contributed by atoms with Gasteiger partial charge >= 0.3 is 37.2 Å². The SMILES string of the molecule is CCOC(=O)[C@@H]1CCN(C(=O)OC(C)(C)C)C[C@H]1c1cnn(C(F)F)c1.CCOC(=O)[C@H]1CCN(C(=O)OC(C)(C)C)C[C@@H]1c1cnn(C(F)F)c1. The summed E-state index contributed by atoms with van der Waals surface area (Å²) in [7, 11) is 0. The van der Waals surface area contributed by atoms with Crippen molar-refractivity contribution in [1.29, 1.82) is 0 Å². The number of likely N-dealkylation sites (tertiary alicyclic amines) is 2. The first kappa shape index (κ1) is 42.0. The average Bonchev–Trinajstić information content (AvgIpc) is 3.75. The van der Waals surface area contributed by atoms with E-state index in [-0.39, 0.29) is 26.3 Å². The molecular formula is C34H50F4N6O8. The maximum Gasteiger partial charge on any atom is 0.410 e. The summed E-state index contributed by atoms with van der Waals surface area (Å²) in [5.41, 5.74) is -0.357. The molecule has 2 fully saturated rings. The summed E-state index contributed by atoms with van der Waals surface area (Å²) in [5, 5.41) is 7.28. The van der Waals surface area contributed by atoms with Crippen LogP contribution in [0.2, 0.25) is 0 Å². The van der Waals surface area contributed by atoms with Crippen molar-refractivity contribution < 1.29 is 55.7 Å². The van der Waals surface area contributed by atoms with Crippen LogP contribution in [-0.2, 0) is 28.5 Å². The third-order valence-corrected chi connectivity index (χ3v) is 8.21. The molecule has 0 spiro atoms. The van der Waals surface area contributed by atoms with Gasteiger partial charge in [0.1, 0.15) is 11.2 Å². The second-order valence-electron chi connectivity index (χ2n) is 14.4. The number of hydrogen-bond acceptors (Lipinski definition) is 10. The largest absolute Gasteiger partial charge is 0.466 e. The summed E-state index contributed by atoms with van der Waals surface area (Å²) in [6.07, 6.45) is 4.77. The molecule has 0 unspecified atom stereocenters. The standard InChI is InChI=1S/2C17H25F2N3O4/c2*1-5-25-14(23)12-6-7-21(16(24)26-17(2,3)4)10-13(12)11-8-20-22(9-11)15(18)19/h2*8-9,12-13,15H,5-7,10H2,1-4H3/t2*12-,13+/m10/s1. The highest BCUT2D eigenvalue weighted by Crippen LogP contribution is 2.36. The number of rotatable bonds is 8. The minimum atomic E-state index is -2.77. The van der Waals surface area contributed by atoms with Crippen LogP contribution >= 0.6 is 0 Å². The van der Waals surface area contributed by atoms with Crippen molar-refractivity contribution in [3.05, 3.63) is 35.9 Å². The van der Waals surface area contributed by atoms with Crippen molar-refractivity contribution in [2.75, 3.05) is 39.4 Å². The smallest absolute Gasteiger partial charge is 0.410 e. The molecule has 0 bridgehead atoms. The van der Waals surface area contributed by atoms with Crippen molar-refractivity contribution in [3.63, 3.8) is 0 Å². The van der Waals surface area contributed by atoms with E-state index >= 15 is 0 Å². The van der Waals surface area contributed by atoms with Crippen LogP contribution < -0.4 is 0 Å². The van der Waals surface area contributed by atoms with Gasteiger partial charge in [0, 0.05) is 50.4 Å². The number of ether oxygens (including phenoxy) is 4. The summed E-state index contributed by atoms with van der Waals surface area (Å²) in [6.45, 7) is 9.93. The lowest BCUT2D eigenvalue weighted by Crippen LogP contribution is -2.46. The molecule has 18 heteroatoms. The summed E-state index contributed by atoms with van der Waals surface area (Å²) >= 11 is 0. The molecule has 292 valence electrons. The minimum Gasteiger partial charge on any atom is -0.466 e.